The molecule has 1 heterocycles. The third-order valence-electron chi connectivity index (χ3n) is 4.71. The van der Waals surface area contributed by atoms with E-state index < -0.39 is 28.4 Å². The average Bonchev–Trinajstić information content (AvgIpc) is 2.74. The molecule has 4 aromatic rings. The van der Waals surface area contributed by atoms with Crippen LogP contribution in [0.3, 0.4) is 0 Å². The highest BCUT2D eigenvalue weighted by Crippen LogP contribution is 2.36. The number of methoxy groups -OCH3 is 1. The SMILES string of the molecule is COc1ccc2c(=O)oc3ccc(NC(=O)Nc4ccc(Cl)c(C(F)(F)F)c4)cc3c2c1. The van der Waals surface area contributed by atoms with Crippen LogP contribution in [0, 0.1) is 0 Å². The number of carbonyl (C=O) groups is 1. The number of hydrogen-bond donors (Lipinski definition) is 2. The molecular weight excluding hydrogens is 449 g/mol. The predicted octanol–water partition coefficient (Wildman–Crippen LogP) is 6.27. The lowest BCUT2D eigenvalue weighted by atomic mass is 10.1. The summed E-state index contributed by atoms with van der Waals surface area (Å²) in [5.41, 5.74) is -1.02. The summed E-state index contributed by atoms with van der Waals surface area (Å²) in [6, 6.07) is 11.8. The van der Waals surface area contributed by atoms with E-state index in [1.807, 2.05) is 0 Å². The minimum absolute atomic E-state index is 0.0822. The van der Waals surface area contributed by atoms with Crippen molar-refractivity contribution >= 4 is 50.7 Å². The number of rotatable bonds is 3. The molecule has 0 spiro atoms. The minimum Gasteiger partial charge on any atom is -0.497 e. The van der Waals surface area contributed by atoms with Gasteiger partial charge in [-0.25, -0.2) is 9.59 Å². The van der Waals surface area contributed by atoms with Crippen molar-refractivity contribution in [2.45, 2.75) is 6.18 Å². The first-order chi connectivity index (χ1) is 15.2. The van der Waals surface area contributed by atoms with Crippen LogP contribution >= 0.6 is 11.6 Å². The molecule has 0 aliphatic heterocycles. The summed E-state index contributed by atoms with van der Waals surface area (Å²) in [4.78, 5) is 24.6. The Kier molecular flexibility index (Phi) is 5.43. The van der Waals surface area contributed by atoms with Crippen molar-refractivity contribution in [1.29, 1.82) is 0 Å². The maximum Gasteiger partial charge on any atom is 0.417 e. The van der Waals surface area contributed by atoms with Gasteiger partial charge in [-0.05, 0) is 54.6 Å². The molecule has 3 aromatic carbocycles. The van der Waals surface area contributed by atoms with Gasteiger partial charge in [0.25, 0.3) is 0 Å². The van der Waals surface area contributed by atoms with Gasteiger partial charge in [-0.3, -0.25) is 0 Å². The Balaban J connectivity index is 1.65. The van der Waals surface area contributed by atoms with Crippen LogP contribution in [-0.2, 0) is 6.18 Å². The van der Waals surface area contributed by atoms with Gasteiger partial charge < -0.3 is 19.8 Å². The fourth-order valence-electron chi connectivity index (χ4n) is 3.23. The zero-order chi connectivity index (χ0) is 23.0. The van der Waals surface area contributed by atoms with Gasteiger partial charge >= 0.3 is 17.8 Å². The van der Waals surface area contributed by atoms with Crippen LogP contribution in [0.5, 0.6) is 5.75 Å². The van der Waals surface area contributed by atoms with Crippen molar-refractivity contribution in [2.24, 2.45) is 0 Å². The Bertz CT molecular complexity index is 1420. The Morgan fingerprint density at radius 3 is 2.31 bits per heavy atom. The molecule has 0 atom stereocenters. The van der Waals surface area contributed by atoms with Crippen LogP contribution in [0.15, 0.2) is 63.8 Å². The highest BCUT2D eigenvalue weighted by atomic mass is 35.5. The summed E-state index contributed by atoms with van der Waals surface area (Å²) in [6.45, 7) is 0. The summed E-state index contributed by atoms with van der Waals surface area (Å²) < 4.78 is 49.6. The molecule has 1 aromatic heterocycles. The van der Waals surface area contributed by atoms with E-state index in [9.17, 15) is 22.8 Å². The zero-order valence-corrected chi connectivity index (χ0v) is 17.1. The molecular formula is C22H14ClF3N2O4. The molecule has 10 heteroatoms. The molecule has 0 radical (unpaired) electrons. The van der Waals surface area contributed by atoms with E-state index in [0.29, 0.717) is 33.2 Å². The Morgan fingerprint density at radius 1 is 0.938 bits per heavy atom. The second kappa shape index (κ2) is 8.08. The van der Waals surface area contributed by atoms with Gasteiger partial charge in [0, 0.05) is 22.1 Å². The number of halogens is 4. The summed E-state index contributed by atoms with van der Waals surface area (Å²) in [5.74, 6) is 0.531. The number of nitrogens with one attached hydrogen (secondary N) is 2. The first kappa shape index (κ1) is 21.5. The monoisotopic (exact) mass is 462 g/mol. The highest BCUT2D eigenvalue weighted by molar-refractivity contribution is 6.31. The van der Waals surface area contributed by atoms with Crippen molar-refractivity contribution in [3.8, 4) is 5.75 Å². The van der Waals surface area contributed by atoms with Crippen LogP contribution in [0.25, 0.3) is 21.7 Å². The average molecular weight is 463 g/mol. The number of ether oxygens (including phenoxy) is 1. The van der Waals surface area contributed by atoms with Gasteiger partial charge in [0.2, 0.25) is 0 Å². The second-order valence-corrected chi connectivity index (χ2v) is 7.19. The number of hydrogen-bond acceptors (Lipinski definition) is 4. The van der Waals surface area contributed by atoms with Crippen LogP contribution in [0.4, 0.5) is 29.3 Å². The smallest absolute Gasteiger partial charge is 0.417 e. The van der Waals surface area contributed by atoms with Crippen LogP contribution in [0.2, 0.25) is 5.02 Å². The van der Waals surface area contributed by atoms with Crippen molar-refractivity contribution < 1.29 is 27.1 Å². The van der Waals surface area contributed by atoms with E-state index in [1.54, 1.807) is 24.3 Å². The van der Waals surface area contributed by atoms with Crippen molar-refractivity contribution in [3.63, 3.8) is 0 Å². The highest BCUT2D eigenvalue weighted by Gasteiger charge is 2.33. The van der Waals surface area contributed by atoms with Gasteiger partial charge in [-0.15, -0.1) is 0 Å². The number of fused-ring (bicyclic) bond motifs is 3. The number of amides is 2. The van der Waals surface area contributed by atoms with E-state index in [0.717, 1.165) is 12.1 Å². The number of benzene rings is 3. The summed E-state index contributed by atoms with van der Waals surface area (Å²) >= 11 is 5.59. The van der Waals surface area contributed by atoms with Crippen LogP contribution in [-0.4, -0.2) is 13.1 Å². The topological polar surface area (TPSA) is 80.6 Å². The Labute approximate surface area is 183 Å². The van der Waals surface area contributed by atoms with Gasteiger partial charge in [0.15, 0.2) is 0 Å². The maximum atomic E-state index is 13.0. The molecule has 0 saturated carbocycles. The fourth-order valence-corrected chi connectivity index (χ4v) is 3.45. The van der Waals surface area contributed by atoms with Gasteiger partial charge in [-0.2, -0.15) is 13.2 Å². The van der Waals surface area contributed by atoms with Gasteiger partial charge in [0.1, 0.15) is 11.3 Å². The molecule has 6 nitrogen and oxygen atoms in total. The van der Waals surface area contributed by atoms with Crippen LogP contribution in [0.1, 0.15) is 5.56 Å². The third kappa shape index (κ3) is 4.19. The molecule has 0 saturated heterocycles. The van der Waals surface area contributed by atoms with E-state index in [1.165, 1.54) is 25.3 Å². The largest absolute Gasteiger partial charge is 0.497 e. The maximum absolute atomic E-state index is 13.0. The minimum atomic E-state index is -4.66. The van der Waals surface area contributed by atoms with Crippen molar-refractivity contribution in [1.82, 2.24) is 0 Å². The number of urea groups is 1. The normalized spacial score (nSPS) is 11.5. The number of carbonyl (C=O) groups excluding carboxylic acids is 1. The lowest BCUT2D eigenvalue weighted by Crippen LogP contribution is -2.20. The molecule has 0 aliphatic rings. The molecule has 2 amide bonds. The summed E-state index contributed by atoms with van der Waals surface area (Å²) in [7, 11) is 1.49. The van der Waals surface area contributed by atoms with Gasteiger partial charge in [-0.1, -0.05) is 11.6 Å². The molecule has 0 bridgehead atoms. The predicted molar refractivity (Wildman–Crippen MR) is 116 cm³/mol. The number of anilines is 2. The molecule has 0 aliphatic carbocycles. The lowest BCUT2D eigenvalue weighted by Gasteiger charge is -2.13. The summed E-state index contributed by atoms with van der Waals surface area (Å²) in [6.07, 6.45) is -4.66. The molecule has 0 fully saturated rings. The fraction of sp³-hybridized carbons (Fsp3) is 0.0909. The van der Waals surface area contributed by atoms with E-state index in [-0.39, 0.29) is 5.69 Å². The van der Waals surface area contributed by atoms with Crippen LogP contribution < -0.4 is 21.0 Å². The molecule has 164 valence electrons. The number of alkyl halides is 3. The quantitative estimate of drug-likeness (QED) is 0.278. The first-order valence-corrected chi connectivity index (χ1v) is 9.53. The molecule has 4 rings (SSSR count). The second-order valence-electron chi connectivity index (χ2n) is 6.78. The zero-order valence-electron chi connectivity index (χ0n) is 16.3. The van der Waals surface area contributed by atoms with Crippen molar-refractivity contribution in [2.75, 3.05) is 17.7 Å². The van der Waals surface area contributed by atoms with E-state index in [4.69, 9.17) is 20.8 Å². The van der Waals surface area contributed by atoms with Crippen molar-refractivity contribution in [3.05, 3.63) is 75.6 Å². The van der Waals surface area contributed by atoms with E-state index >= 15 is 0 Å². The third-order valence-corrected chi connectivity index (χ3v) is 5.04. The first-order valence-electron chi connectivity index (χ1n) is 9.15. The molecule has 2 N–H and O–H groups in total. The van der Waals surface area contributed by atoms with E-state index in [2.05, 4.69) is 10.6 Å². The Hall–Kier alpha value is -3.72. The Morgan fingerprint density at radius 2 is 1.62 bits per heavy atom. The summed E-state index contributed by atoms with van der Waals surface area (Å²) in [5, 5.41) is 5.86. The lowest BCUT2D eigenvalue weighted by molar-refractivity contribution is -0.137. The molecule has 0 unspecified atom stereocenters. The standard InChI is InChI=1S/C22H14ClF3N2O4/c1-31-13-4-5-14-15(10-13)16-8-11(3-7-19(16)32-20(14)29)27-21(30)28-12-2-6-18(23)17(9-12)22(24,25)26/h2-10H,1H3,(H2,27,28,30). The van der Waals surface area contributed by atoms with Gasteiger partial charge in [0.05, 0.1) is 23.1 Å². The molecule has 32 heavy (non-hydrogen) atoms.